The normalized spacial score (nSPS) is 10.3. The lowest BCUT2D eigenvalue weighted by molar-refractivity contribution is 0.307. The van der Waals surface area contributed by atoms with Crippen LogP contribution >= 0.6 is 15.9 Å². The molecule has 0 amide bonds. The van der Waals surface area contributed by atoms with E-state index in [9.17, 15) is 0 Å². The number of methoxy groups -OCH3 is 1. The highest BCUT2D eigenvalue weighted by Gasteiger charge is 2.14. The first kappa shape index (κ1) is 13.6. The molecule has 0 aliphatic rings. The SMILES string of the molecule is CCOc1c(OC)ccc(Br)c1CNc1nn[nH]n1. The van der Waals surface area contributed by atoms with Crippen LogP contribution in [0.2, 0.25) is 0 Å². The van der Waals surface area contributed by atoms with Crippen LogP contribution in [0.15, 0.2) is 16.6 Å². The number of nitrogens with one attached hydrogen (secondary N) is 2. The zero-order valence-electron chi connectivity index (χ0n) is 10.6. The summed E-state index contributed by atoms with van der Waals surface area (Å²) in [5, 5.41) is 16.6. The van der Waals surface area contributed by atoms with Crippen LogP contribution in [0.25, 0.3) is 0 Å². The third-order valence-electron chi connectivity index (χ3n) is 2.44. The summed E-state index contributed by atoms with van der Waals surface area (Å²) in [6.07, 6.45) is 0. The van der Waals surface area contributed by atoms with E-state index in [0.717, 1.165) is 10.0 Å². The maximum Gasteiger partial charge on any atom is 0.263 e. The Hall–Kier alpha value is -1.83. The molecule has 2 N–H and O–H groups in total. The summed E-state index contributed by atoms with van der Waals surface area (Å²) in [6.45, 7) is 2.98. The fourth-order valence-corrected chi connectivity index (χ4v) is 2.07. The molecule has 0 saturated heterocycles. The average molecular weight is 328 g/mol. The van der Waals surface area contributed by atoms with Gasteiger partial charge in [0.15, 0.2) is 11.5 Å². The van der Waals surface area contributed by atoms with Crippen LogP contribution in [0.5, 0.6) is 11.5 Å². The second-order valence-corrected chi connectivity index (χ2v) is 4.43. The molecule has 0 radical (unpaired) electrons. The van der Waals surface area contributed by atoms with Gasteiger partial charge in [-0.25, -0.2) is 0 Å². The largest absolute Gasteiger partial charge is 0.493 e. The van der Waals surface area contributed by atoms with E-state index in [2.05, 4.69) is 41.9 Å². The molecule has 0 atom stereocenters. The minimum absolute atomic E-state index is 0.428. The van der Waals surface area contributed by atoms with Crippen LogP contribution in [0.4, 0.5) is 5.95 Å². The molecule has 102 valence electrons. The van der Waals surface area contributed by atoms with Crippen LogP contribution in [-0.2, 0) is 6.54 Å². The molecular formula is C11H14BrN5O2. The molecule has 0 fully saturated rings. The summed E-state index contributed by atoms with van der Waals surface area (Å²) >= 11 is 3.50. The van der Waals surface area contributed by atoms with Crippen molar-refractivity contribution in [1.82, 2.24) is 20.6 Å². The minimum Gasteiger partial charge on any atom is -0.493 e. The molecule has 0 bridgehead atoms. The van der Waals surface area contributed by atoms with E-state index < -0.39 is 0 Å². The molecule has 2 rings (SSSR count). The van der Waals surface area contributed by atoms with E-state index in [4.69, 9.17) is 9.47 Å². The van der Waals surface area contributed by atoms with Crippen LogP contribution in [0.3, 0.4) is 0 Å². The van der Waals surface area contributed by atoms with E-state index in [1.807, 2.05) is 19.1 Å². The van der Waals surface area contributed by atoms with Gasteiger partial charge in [-0.15, -0.1) is 5.10 Å². The van der Waals surface area contributed by atoms with E-state index in [1.54, 1.807) is 7.11 Å². The molecule has 0 aliphatic heterocycles. The number of aromatic nitrogens is 4. The Morgan fingerprint density at radius 1 is 1.42 bits per heavy atom. The number of anilines is 1. The zero-order valence-corrected chi connectivity index (χ0v) is 12.2. The van der Waals surface area contributed by atoms with Crippen molar-refractivity contribution in [3.63, 3.8) is 0 Å². The van der Waals surface area contributed by atoms with Crippen molar-refractivity contribution in [2.75, 3.05) is 19.0 Å². The van der Waals surface area contributed by atoms with Gasteiger partial charge in [0.05, 0.1) is 13.7 Å². The number of nitrogens with zero attached hydrogens (tertiary/aromatic N) is 3. The maximum absolute atomic E-state index is 5.65. The molecule has 0 saturated carbocycles. The van der Waals surface area contributed by atoms with Gasteiger partial charge in [-0.1, -0.05) is 21.0 Å². The van der Waals surface area contributed by atoms with Crippen LogP contribution in [0, 0.1) is 0 Å². The van der Waals surface area contributed by atoms with Crippen LogP contribution in [-0.4, -0.2) is 34.3 Å². The smallest absolute Gasteiger partial charge is 0.263 e. The third kappa shape index (κ3) is 3.14. The topological polar surface area (TPSA) is 85.0 Å². The highest BCUT2D eigenvalue weighted by Crippen LogP contribution is 2.36. The van der Waals surface area contributed by atoms with Crippen molar-refractivity contribution in [3.8, 4) is 11.5 Å². The first-order chi connectivity index (χ1) is 9.26. The van der Waals surface area contributed by atoms with Gasteiger partial charge in [-0.3, -0.25) is 0 Å². The van der Waals surface area contributed by atoms with Crippen molar-refractivity contribution in [2.45, 2.75) is 13.5 Å². The number of H-pyrrole nitrogens is 1. The van der Waals surface area contributed by atoms with Gasteiger partial charge >= 0.3 is 0 Å². The lowest BCUT2D eigenvalue weighted by Crippen LogP contribution is -2.06. The molecule has 0 aliphatic carbocycles. The summed E-state index contributed by atoms with van der Waals surface area (Å²) in [4.78, 5) is 0. The van der Waals surface area contributed by atoms with Gasteiger partial charge in [0, 0.05) is 16.6 Å². The number of hydrogen-bond donors (Lipinski definition) is 2. The average Bonchev–Trinajstić information content (AvgIpc) is 2.92. The van der Waals surface area contributed by atoms with Crippen molar-refractivity contribution in [2.24, 2.45) is 0 Å². The molecule has 8 heteroatoms. The lowest BCUT2D eigenvalue weighted by atomic mass is 10.2. The predicted octanol–water partition coefficient (Wildman–Crippen LogP) is 1.98. The van der Waals surface area contributed by atoms with Crippen molar-refractivity contribution < 1.29 is 9.47 Å². The Morgan fingerprint density at radius 3 is 2.89 bits per heavy atom. The first-order valence-corrected chi connectivity index (χ1v) is 6.51. The second kappa shape index (κ2) is 6.37. The van der Waals surface area contributed by atoms with E-state index in [0.29, 0.717) is 30.6 Å². The van der Waals surface area contributed by atoms with E-state index in [1.165, 1.54) is 0 Å². The van der Waals surface area contributed by atoms with Crippen molar-refractivity contribution in [1.29, 1.82) is 0 Å². The molecule has 19 heavy (non-hydrogen) atoms. The van der Waals surface area contributed by atoms with Crippen LogP contribution in [0.1, 0.15) is 12.5 Å². The molecule has 1 aromatic carbocycles. The van der Waals surface area contributed by atoms with Crippen molar-refractivity contribution >= 4 is 21.9 Å². The monoisotopic (exact) mass is 327 g/mol. The number of hydrogen-bond acceptors (Lipinski definition) is 6. The number of halogens is 1. The predicted molar refractivity (Wildman–Crippen MR) is 73.4 cm³/mol. The van der Waals surface area contributed by atoms with Gasteiger partial charge < -0.3 is 14.8 Å². The fraction of sp³-hybridized carbons (Fsp3) is 0.364. The quantitative estimate of drug-likeness (QED) is 0.843. The molecular weight excluding hydrogens is 314 g/mol. The Bertz CT molecular complexity index is 532. The number of tetrazole rings is 1. The molecule has 1 aromatic heterocycles. The summed E-state index contributed by atoms with van der Waals surface area (Å²) in [5.74, 6) is 1.82. The van der Waals surface area contributed by atoms with Crippen LogP contribution < -0.4 is 14.8 Å². The Kier molecular flexibility index (Phi) is 4.56. The van der Waals surface area contributed by atoms with Gasteiger partial charge in [0.25, 0.3) is 5.95 Å². The van der Waals surface area contributed by atoms with Gasteiger partial charge in [0.1, 0.15) is 0 Å². The summed E-state index contributed by atoms with van der Waals surface area (Å²) in [6, 6.07) is 3.77. The number of rotatable bonds is 6. The van der Waals surface area contributed by atoms with Crippen molar-refractivity contribution in [3.05, 3.63) is 22.2 Å². The van der Waals surface area contributed by atoms with Gasteiger partial charge in [0.2, 0.25) is 0 Å². The highest BCUT2D eigenvalue weighted by molar-refractivity contribution is 9.10. The summed E-state index contributed by atoms with van der Waals surface area (Å²) in [5.41, 5.74) is 0.936. The van der Waals surface area contributed by atoms with Gasteiger partial charge in [-0.05, 0) is 24.3 Å². The Labute approximate surface area is 118 Å². The molecule has 2 aromatic rings. The van der Waals surface area contributed by atoms with E-state index >= 15 is 0 Å². The lowest BCUT2D eigenvalue weighted by Gasteiger charge is -2.15. The summed E-state index contributed by atoms with van der Waals surface area (Å²) < 4.78 is 11.9. The molecule has 0 unspecified atom stereocenters. The Morgan fingerprint density at radius 2 is 2.26 bits per heavy atom. The second-order valence-electron chi connectivity index (χ2n) is 3.58. The zero-order chi connectivity index (χ0) is 13.7. The number of ether oxygens (including phenoxy) is 2. The standard InChI is InChI=1S/C11H14BrN5O2/c1-3-19-10-7(6-13-11-14-16-17-15-11)8(12)4-5-9(10)18-2/h4-5H,3,6H2,1-2H3,(H2,13,14,15,16,17). The molecule has 1 heterocycles. The fourth-order valence-electron chi connectivity index (χ4n) is 1.61. The number of aromatic amines is 1. The number of benzene rings is 1. The van der Waals surface area contributed by atoms with Gasteiger partial charge in [-0.2, -0.15) is 5.21 Å². The summed E-state index contributed by atoms with van der Waals surface area (Å²) in [7, 11) is 1.61. The molecule has 0 spiro atoms. The molecule has 7 nitrogen and oxygen atoms in total. The first-order valence-electron chi connectivity index (χ1n) is 5.71. The highest BCUT2D eigenvalue weighted by atomic mass is 79.9. The maximum atomic E-state index is 5.65. The third-order valence-corrected chi connectivity index (χ3v) is 3.19. The Balaban J connectivity index is 2.25. The minimum atomic E-state index is 0.428. The van der Waals surface area contributed by atoms with E-state index in [-0.39, 0.29) is 0 Å².